The van der Waals surface area contributed by atoms with Gasteiger partial charge in [0, 0.05) is 33.7 Å². The summed E-state index contributed by atoms with van der Waals surface area (Å²) in [5.41, 5.74) is 3.44. The Morgan fingerprint density at radius 3 is 2.38 bits per heavy atom. The highest BCUT2D eigenvalue weighted by molar-refractivity contribution is 9.10. The van der Waals surface area contributed by atoms with Gasteiger partial charge in [0.15, 0.2) is 0 Å². The van der Waals surface area contributed by atoms with E-state index in [1.54, 1.807) is 0 Å². The Balaban J connectivity index is 1.88. The van der Waals surface area contributed by atoms with Crippen molar-refractivity contribution in [1.29, 1.82) is 0 Å². The zero-order chi connectivity index (χ0) is 20.1. The smallest absolute Gasteiger partial charge is 0.259 e. The number of fused-ring (bicyclic) bond motifs is 2. The van der Waals surface area contributed by atoms with E-state index in [0.717, 1.165) is 43.8 Å². The number of amides is 2. The van der Waals surface area contributed by atoms with Crippen molar-refractivity contribution >= 4 is 60.6 Å². The zero-order valence-corrected chi connectivity index (χ0v) is 17.3. The molecule has 2 heterocycles. The van der Waals surface area contributed by atoms with Crippen molar-refractivity contribution in [2.45, 2.75) is 13.5 Å². The molecule has 0 saturated carbocycles. The fourth-order valence-electron chi connectivity index (χ4n) is 4.14. The number of nitrogens with one attached hydrogen (secondary N) is 1. The molecule has 0 atom stereocenters. The van der Waals surface area contributed by atoms with Gasteiger partial charge in [0.25, 0.3) is 11.8 Å². The van der Waals surface area contributed by atoms with E-state index in [-0.39, 0.29) is 11.8 Å². The van der Waals surface area contributed by atoms with Gasteiger partial charge in [-0.1, -0.05) is 58.4 Å². The topological polar surface area (TPSA) is 51.1 Å². The molecule has 0 saturated heterocycles. The molecule has 5 heteroatoms. The van der Waals surface area contributed by atoms with Crippen molar-refractivity contribution in [3.05, 3.63) is 82.5 Å². The third-order valence-electron chi connectivity index (χ3n) is 5.44. The second-order valence-electron chi connectivity index (χ2n) is 7.05. The Kier molecular flexibility index (Phi) is 4.14. The molecule has 142 valence electrons. The number of hydrogen-bond acceptors (Lipinski definition) is 2. The second-order valence-corrected chi connectivity index (χ2v) is 7.97. The fourth-order valence-corrected chi connectivity index (χ4v) is 4.50. The number of rotatable bonds is 3. The van der Waals surface area contributed by atoms with E-state index in [4.69, 9.17) is 0 Å². The number of benzene rings is 3. The Labute approximate surface area is 176 Å². The minimum absolute atomic E-state index is 0.353. The van der Waals surface area contributed by atoms with Crippen molar-refractivity contribution in [2.24, 2.45) is 0 Å². The van der Waals surface area contributed by atoms with Crippen LogP contribution in [0, 0.1) is 0 Å². The fraction of sp³-hybridized carbons (Fsp3) is 0.0833. The summed E-state index contributed by atoms with van der Waals surface area (Å²) >= 11 is 3.53. The highest BCUT2D eigenvalue weighted by atomic mass is 79.9. The lowest BCUT2D eigenvalue weighted by molar-refractivity contribution is -0.122. The Hall–Kier alpha value is -3.18. The monoisotopic (exact) mass is 444 g/mol. The first kappa shape index (κ1) is 17.9. The van der Waals surface area contributed by atoms with E-state index in [9.17, 15) is 9.59 Å². The lowest BCUT2D eigenvalue weighted by atomic mass is 9.92. The SMILES string of the molecule is CCn1cc(C2=C(c3cccc4ccccc34)C(=O)NC2=O)c2cc(Br)ccc21. The maximum atomic E-state index is 12.9. The van der Waals surface area contributed by atoms with Gasteiger partial charge in [0.2, 0.25) is 0 Å². The average Bonchev–Trinajstić information content (AvgIpc) is 3.22. The van der Waals surface area contributed by atoms with Crippen LogP contribution in [-0.2, 0) is 16.1 Å². The quantitative estimate of drug-likeness (QED) is 0.444. The van der Waals surface area contributed by atoms with Crippen LogP contribution in [-0.4, -0.2) is 16.4 Å². The number of aromatic nitrogens is 1. The number of carbonyl (C=O) groups excluding carboxylic acids is 2. The Bertz CT molecular complexity index is 1360. The zero-order valence-electron chi connectivity index (χ0n) is 15.7. The van der Waals surface area contributed by atoms with Gasteiger partial charge in [-0.2, -0.15) is 0 Å². The molecule has 0 bridgehead atoms. The number of halogens is 1. The number of nitrogens with zero attached hydrogens (tertiary/aromatic N) is 1. The van der Waals surface area contributed by atoms with Crippen molar-refractivity contribution in [2.75, 3.05) is 0 Å². The minimum atomic E-state index is -0.354. The van der Waals surface area contributed by atoms with Crippen LogP contribution in [0.3, 0.4) is 0 Å². The summed E-state index contributed by atoms with van der Waals surface area (Å²) in [6, 6.07) is 19.8. The predicted octanol–water partition coefficient (Wildman–Crippen LogP) is 5.14. The molecule has 5 rings (SSSR count). The van der Waals surface area contributed by atoms with Crippen LogP contribution in [0.1, 0.15) is 18.1 Å². The van der Waals surface area contributed by atoms with E-state index in [1.165, 1.54) is 0 Å². The molecule has 1 aliphatic rings. The molecular formula is C24H17BrN2O2. The number of aryl methyl sites for hydroxylation is 1. The summed E-state index contributed by atoms with van der Waals surface area (Å²) < 4.78 is 3.03. The first-order chi connectivity index (χ1) is 14.1. The average molecular weight is 445 g/mol. The molecule has 0 unspecified atom stereocenters. The molecule has 4 aromatic rings. The number of hydrogen-bond donors (Lipinski definition) is 1. The van der Waals surface area contributed by atoms with Crippen LogP contribution in [0.5, 0.6) is 0 Å². The van der Waals surface area contributed by atoms with Gasteiger partial charge < -0.3 is 4.57 Å². The molecule has 2 amide bonds. The summed E-state index contributed by atoms with van der Waals surface area (Å²) in [6.45, 7) is 2.83. The van der Waals surface area contributed by atoms with Crippen LogP contribution in [0.4, 0.5) is 0 Å². The van der Waals surface area contributed by atoms with Crippen molar-refractivity contribution in [1.82, 2.24) is 9.88 Å². The maximum Gasteiger partial charge on any atom is 0.259 e. The highest BCUT2D eigenvalue weighted by Crippen LogP contribution is 2.38. The van der Waals surface area contributed by atoms with Gasteiger partial charge in [0.05, 0.1) is 11.1 Å². The molecular weight excluding hydrogens is 428 g/mol. The first-order valence-corrected chi connectivity index (χ1v) is 10.2. The minimum Gasteiger partial charge on any atom is -0.347 e. The van der Waals surface area contributed by atoms with Gasteiger partial charge in [-0.25, -0.2) is 0 Å². The van der Waals surface area contributed by atoms with Crippen molar-refractivity contribution in [3.63, 3.8) is 0 Å². The summed E-state index contributed by atoms with van der Waals surface area (Å²) in [5.74, 6) is -0.707. The Morgan fingerprint density at radius 1 is 0.862 bits per heavy atom. The standard InChI is InChI=1S/C24H17BrN2O2/c1-2-27-13-19(18-12-15(25)10-11-20(18)27)22-21(23(28)26-24(22)29)17-9-5-7-14-6-3-4-8-16(14)17/h3-13H,2H2,1H3,(H,26,28,29). The van der Waals surface area contributed by atoms with E-state index in [1.807, 2.05) is 66.9 Å². The maximum absolute atomic E-state index is 12.9. The highest BCUT2D eigenvalue weighted by Gasteiger charge is 2.34. The lowest BCUT2D eigenvalue weighted by Gasteiger charge is -2.08. The summed E-state index contributed by atoms with van der Waals surface area (Å²) in [7, 11) is 0. The largest absolute Gasteiger partial charge is 0.347 e. The molecule has 0 aliphatic carbocycles. The molecule has 0 fully saturated rings. The van der Waals surface area contributed by atoms with Gasteiger partial charge >= 0.3 is 0 Å². The van der Waals surface area contributed by atoms with Crippen LogP contribution in [0.25, 0.3) is 32.8 Å². The Morgan fingerprint density at radius 2 is 1.59 bits per heavy atom. The van der Waals surface area contributed by atoms with Gasteiger partial charge in [-0.3, -0.25) is 14.9 Å². The summed E-state index contributed by atoms with van der Waals surface area (Å²) in [5, 5.41) is 5.44. The molecule has 4 nitrogen and oxygen atoms in total. The third-order valence-corrected chi connectivity index (χ3v) is 5.94. The van der Waals surface area contributed by atoms with Crippen LogP contribution in [0.15, 0.2) is 71.3 Å². The van der Waals surface area contributed by atoms with Gasteiger partial charge in [-0.15, -0.1) is 0 Å². The van der Waals surface area contributed by atoms with E-state index >= 15 is 0 Å². The van der Waals surface area contributed by atoms with E-state index < -0.39 is 0 Å². The summed E-state index contributed by atoms with van der Waals surface area (Å²) in [4.78, 5) is 25.8. The van der Waals surface area contributed by atoms with E-state index in [0.29, 0.717) is 11.1 Å². The van der Waals surface area contributed by atoms with E-state index in [2.05, 4.69) is 32.7 Å². The van der Waals surface area contributed by atoms with Crippen LogP contribution >= 0.6 is 15.9 Å². The molecule has 0 radical (unpaired) electrons. The molecule has 29 heavy (non-hydrogen) atoms. The van der Waals surface area contributed by atoms with Crippen molar-refractivity contribution < 1.29 is 9.59 Å². The normalized spacial score (nSPS) is 14.3. The second kappa shape index (κ2) is 6.71. The summed E-state index contributed by atoms with van der Waals surface area (Å²) in [6.07, 6.45) is 1.97. The number of carbonyl (C=O) groups is 2. The van der Waals surface area contributed by atoms with Crippen molar-refractivity contribution in [3.8, 4) is 0 Å². The molecule has 3 aromatic carbocycles. The third kappa shape index (κ3) is 2.73. The molecule has 1 N–H and O–H groups in total. The van der Waals surface area contributed by atoms with Crippen LogP contribution in [0.2, 0.25) is 0 Å². The lowest BCUT2D eigenvalue weighted by Crippen LogP contribution is -2.22. The first-order valence-electron chi connectivity index (χ1n) is 9.45. The number of imide groups is 1. The molecule has 1 aromatic heterocycles. The molecule has 0 spiro atoms. The molecule has 1 aliphatic heterocycles. The van der Waals surface area contributed by atoms with Crippen LogP contribution < -0.4 is 5.32 Å². The predicted molar refractivity (Wildman–Crippen MR) is 119 cm³/mol. The van der Waals surface area contributed by atoms with Gasteiger partial charge in [0.1, 0.15) is 0 Å². The van der Waals surface area contributed by atoms with Gasteiger partial charge in [-0.05, 0) is 41.5 Å².